The highest BCUT2D eigenvalue weighted by Crippen LogP contribution is 2.13. The number of hydrogen-bond acceptors (Lipinski definition) is 3. The molecule has 0 bridgehead atoms. The lowest BCUT2D eigenvalue weighted by Gasteiger charge is -2.22. The smallest absolute Gasteiger partial charge is 0.224 e. The lowest BCUT2D eigenvalue weighted by atomic mass is 10.0. The number of rotatable bonds is 3. The van der Waals surface area contributed by atoms with E-state index in [1.807, 2.05) is 0 Å². The number of carbonyl (C=O) groups excluding carboxylic acids is 1. The highest BCUT2D eigenvalue weighted by atomic mass is 35.5. The minimum atomic E-state index is 0. The molecule has 2 aliphatic heterocycles. The number of nitrogens with one attached hydrogen (secondary N) is 2. The van der Waals surface area contributed by atoms with Crippen molar-refractivity contribution in [2.45, 2.75) is 19.3 Å². The van der Waals surface area contributed by atoms with E-state index in [-0.39, 0.29) is 24.2 Å². The van der Waals surface area contributed by atoms with Crippen LogP contribution >= 0.6 is 12.4 Å². The fourth-order valence-corrected chi connectivity index (χ4v) is 2.24. The fraction of sp³-hybridized carbons (Fsp3) is 0.909. The van der Waals surface area contributed by atoms with Gasteiger partial charge in [0.1, 0.15) is 0 Å². The standard InChI is InChI=1S/C11H20N2O2.ClH/c14-11(10-3-4-12-7-10)13-6-9-2-1-5-15-8-9;/h9-10,12H,1-8H2,(H,13,14);1H/t9?,10-;/m0./s1. The molecule has 2 atom stereocenters. The fourth-order valence-electron chi connectivity index (χ4n) is 2.24. The van der Waals surface area contributed by atoms with Crippen molar-refractivity contribution in [1.29, 1.82) is 0 Å². The van der Waals surface area contributed by atoms with Crippen LogP contribution < -0.4 is 10.6 Å². The Labute approximate surface area is 103 Å². The van der Waals surface area contributed by atoms with Crippen LogP contribution in [0.2, 0.25) is 0 Å². The van der Waals surface area contributed by atoms with Crippen LogP contribution in [0.1, 0.15) is 19.3 Å². The Morgan fingerprint density at radius 2 is 2.31 bits per heavy atom. The zero-order valence-corrected chi connectivity index (χ0v) is 10.4. The monoisotopic (exact) mass is 248 g/mol. The van der Waals surface area contributed by atoms with E-state index in [1.54, 1.807) is 0 Å². The van der Waals surface area contributed by atoms with Crippen LogP contribution in [0.3, 0.4) is 0 Å². The van der Waals surface area contributed by atoms with E-state index in [2.05, 4.69) is 10.6 Å². The molecule has 0 radical (unpaired) electrons. The summed E-state index contributed by atoms with van der Waals surface area (Å²) >= 11 is 0. The van der Waals surface area contributed by atoms with Gasteiger partial charge in [-0.1, -0.05) is 0 Å². The summed E-state index contributed by atoms with van der Waals surface area (Å²) in [6.07, 6.45) is 3.29. The van der Waals surface area contributed by atoms with E-state index in [9.17, 15) is 4.79 Å². The average Bonchev–Trinajstić information content (AvgIpc) is 2.81. The lowest BCUT2D eigenvalue weighted by Crippen LogP contribution is -2.37. The number of carbonyl (C=O) groups is 1. The Balaban J connectivity index is 0.00000128. The summed E-state index contributed by atoms with van der Waals surface area (Å²) in [6.45, 7) is 4.30. The number of amides is 1. The number of hydrogen-bond donors (Lipinski definition) is 2. The molecule has 2 N–H and O–H groups in total. The van der Waals surface area contributed by atoms with Crippen molar-refractivity contribution >= 4 is 18.3 Å². The van der Waals surface area contributed by atoms with Crippen molar-refractivity contribution in [1.82, 2.24) is 10.6 Å². The molecule has 2 saturated heterocycles. The molecule has 2 aliphatic rings. The Morgan fingerprint density at radius 1 is 1.44 bits per heavy atom. The first-order chi connectivity index (χ1) is 7.36. The second-order valence-corrected chi connectivity index (χ2v) is 4.52. The van der Waals surface area contributed by atoms with Gasteiger partial charge in [-0.15, -0.1) is 12.4 Å². The minimum absolute atomic E-state index is 0. The Kier molecular flexibility index (Phi) is 6.09. The highest BCUT2D eigenvalue weighted by molar-refractivity contribution is 5.85. The third kappa shape index (κ3) is 3.92. The lowest BCUT2D eigenvalue weighted by molar-refractivity contribution is -0.124. The first-order valence-corrected chi connectivity index (χ1v) is 5.92. The topological polar surface area (TPSA) is 50.4 Å². The van der Waals surface area contributed by atoms with Gasteiger partial charge >= 0.3 is 0 Å². The largest absolute Gasteiger partial charge is 0.381 e. The van der Waals surface area contributed by atoms with Crippen LogP contribution in [0.5, 0.6) is 0 Å². The van der Waals surface area contributed by atoms with Gasteiger partial charge in [0.05, 0.1) is 12.5 Å². The van der Waals surface area contributed by atoms with Crippen molar-refractivity contribution in [2.75, 3.05) is 32.8 Å². The van der Waals surface area contributed by atoms with E-state index in [0.29, 0.717) is 5.92 Å². The third-order valence-electron chi connectivity index (χ3n) is 3.25. The Bertz CT molecular complexity index is 214. The first-order valence-electron chi connectivity index (χ1n) is 5.92. The zero-order chi connectivity index (χ0) is 10.5. The number of ether oxygens (including phenoxy) is 1. The van der Waals surface area contributed by atoms with Crippen LogP contribution in [-0.4, -0.2) is 38.8 Å². The second kappa shape index (κ2) is 7.09. The Hall–Kier alpha value is -0.320. The summed E-state index contributed by atoms with van der Waals surface area (Å²) in [6, 6.07) is 0. The molecule has 0 aromatic carbocycles. The normalized spacial score (nSPS) is 29.5. The van der Waals surface area contributed by atoms with Gasteiger partial charge in [-0.05, 0) is 31.7 Å². The van der Waals surface area contributed by atoms with Crippen LogP contribution in [0.25, 0.3) is 0 Å². The molecule has 2 rings (SSSR count). The molecule has 0 aromatic rings. The molecule has 0 saturated carbocycles. The number of halogens is 1. The van der Waals surface area contributed by atoms with Gasteiger partial charge in [-0.2, -0.15) is 0 Å². The van der Waals surface area contributed by atoms with Crippen molar-refractivity contribution in [3.63, 3.8) is 0 Å². The van der Waals surface area contributed by atoms with Crippen molar-refractivity contribution in [3.8, 4) is 0 Å². The summed E-state index contributed by atoms with van der Waals surface area (Å²) in [5.41, 5.74) is 0. The van der Waals surface area contributed by atoms with Gasteiger partial charge in [0.2, 0.25) is 5.91 Å². The third-order valence-corrected chi connectivity index (χ3v) is 3.25. The molecule has 4 nitrogen and oxygen atoms in total. The van der Waals surface area contributed by atoms with E-state index in [1.165, 1.54) is 6.42 Å². The molecule has 94 valence electrons. The molecular formula is C11H21ClN2O2. The predicted octanol–water partition coefficient (Wildman–Crippen LogP) is 0.560. The molecule has 0 spiro atoms. The second-order valence-electron chi connectivity index (χ2n) is 4.52. The predicted molar refractivity (Wildman–Crippen MR) is 64.8 cm³/mol. The Morgan fingerprint density at radius 3 is 2.94 bits per heavy atom. The molecule has 16 heavy (non-hydrogen) atoms. The van der Waals surface area contributed by atoms with Crippen molar-refractivity contribution in [3.05, 3.63) is 0 Å². The highest BCUT2D eigenvalue weighted by Gasteiger charge is 2.23. The molecule has 0 aromatic heterocycles. The maximum absolute atomic E-state index is 11.7. The van der Waals surface area contributed by atoms with Gasteiger partial charge in [-0.3, -0.25) is 4.79 Å². The summed E-state index contributed by atoms with van der Waals surface area (Å²) in [4.78, 5) is 11.7. The van der Waals surface area contributed by atoms with E-state index >= 15 is 0 Å². The molecule has 0 aliphatic carbocycles. The molecular weight excluding hydrogens is 228 g/mol. The summed E-state index contributed by atoms with van der Waals surface area (Å²) in [7, 11) is 0. The van der Waals surface area contributed by atoms with Crippen LogP contribution in [-0.2, 0) is 9.53 Å². The summed E-state index contributed by atoms with van der Waals surface area (Å²) < 4.78 is 5.38. The summed E-state index contributed by atoms with van der Waals surface area (Å²) in [5, 5.41) is 6.24. The van der Waals surface area contributed by atoms with E-state index < -0.39 is 0 Å². The van der Waals surface area contributed by atoms with E-state index in [0.717, 1.165) is 45.7 Å². The molecule has 2 fully saturated rings. The SMILES string of the molecule is Cl.O=C(NCC1CCCOC1)[C@H]1CCNC1. The molecule has 1 unspecified atom stereocenters. The van der Waals surface area contributed by atoms with Gasteiger partial charge in [0.25, 0.3) is 0 Å². The van der Waals surface area contributed by atoms with Crippen LogP contribution in [0.15, 0.2) is 0 Å². The van der Waals surface area contributed by atoms with Gasteiger partial charge in [0, 0.05) is 19.7 Å². The average molecular weight is 249 g/mol. The van der Waals surface area contributed by atoms with Gasteiger partial charge in [0.15, 0.2) is 0 Å². The maximum Gasteiger partial charge on any atom is 0.224 e. The molecule has 1 amide bonds. The van der Waals surface area contributed by atoms with Crippen LogP contribution in [0, 0.1) is 11.8 Å². The zero-order valence-electron chi connectivity index (χ0n) is 9.54. The first kappa shape index (κ1) is 13.7. The van der Waals surface area contributed by atoms with Crippen molar-refractivity contribution in [2.24, 2.45) is 11.8 Å². The quantitative estimate of drug-likeness (QED) is 0.768. The molecule has 2 heterocycles. The summed E-state index contributed by atoms with van der Waals surface area (Å²) in [5.74, 6) is 0.928. The van der Waals surface area contributed by atoms with Crippen LogP contribution in [0.4, 0.5) is 0 Å². The maximum atomic E-state index is 11.7. The minimum Gasteiger partial charge on any atom is -0.381 e. The van der Waals surface area contributed by atoms with Crippen molar-refractivity contribution < 1.29 is 9.53 Å². The van der Waals surface area contributed by atoms with Gasteiger partial charge in [-0.25, -0.2) is 0 Å². The van der Waals surface area contributed by atoms with Gasteiger partial charge < -0.3 is 15.4 Å². The van der Waals surface area contributed by atoms with E-state index in [4.69, 9.17) is 4.74 Å². The molecule has 5 heteroatoms.